The zero-order valence-electron chi connectivity index (χ0n) is 17.1. The Morgan fingerprint density at radius 2 is 1.89 bits per heavy atom. The summed E-state index contributed by atoms with van der Waals surface area (Å²) in [5.41, 5.74) is -0.0973. The minimum Gasteiger partial charge on any atom is -0.332 e. The quantitative estimate of drug-likeness (QED) is 0.664. The Kier molecular flexibility index (Phi) is 6.68. The molecule has 0 saturated heterocycles. The molecule has 0 aliphatic rings. The number of alkyl halides is 1. The molecule has 5 nitrogen and oxygen atoms in total. The van der Waals surface area contributed by atoms with E-state index in [0.717, 1.165) is 0 Å². The average Bonchev–Trinajstić information content (AvgIpc) is 2.64. The number of rotatable bonds is 7. The Bertz CT molecular complexity index is 873. The van der Waals surface area contributed by atoms with Crippen LogP contribution in [0.3, 0.4) is 0 Å². The zero-order valence-corrected chi connectivity index (χ0v) is 17.9. The summed E-state index contributed by atoms with van der Waals surface area (Å²) in [6.07, 6.45) is 0. The van der Waals surface area contributed by atoms with Crippen molar-refractivity contribution in [3.05, 3.63) is 40.4 Å². The predicted octanol–water partition coefficient (Wildman–Crippen LogP) is 4.23. The van der Waals surface area contributed by atoms with Crippen LogP contribution in [-0.2, 0) is 11.3 Å². The van der Waals surface area contributed by atoms with Crippen LogP contribution < -0.4 is 5.56 Å². The highest BCUT2D eigenvalue weighted by molar-refractivity contribution is 6.19. The van der Waals surface area contributed by atoms with Gasteiger partial charge in [0.05, 0.1) is 22.4 Å². The van der Waals surface area contributed by atoms with Gasteiger partial charge in [0.15, 0.2) is 0 Å². The van der Waals surface area contributed by atoms with Crippen molar-refractivity contribution in [2.24, 2.45) is 11.3 Å². The van der Waals surface area contributed by atoms with E-state index in [0.29, 0.717) is 29.8 Å². The first kappa shape index (κ1) is 21.4. The van der Waals surface area contributed by atoms with Crippen molar-refractivity contribution in [2.45, 2.75) is 54.1 Å². The fraction of sp³-hybridized carbons (Fsp3) is 0.571. The Morgan fingerprint density at radius 1 is 1.26 bits per heavy atom. The van der Waals surface area contributed by atoms with Crippen molar-refractivity contribution in [3.8, 4) is 0 Å². The van der Waals surface area contributed by atoms with Gasteiger partial charge in [0, 0.05) is 19.0 Å². The van der Waals surface area contributed by atoms with Crippen LogP contribution in [0.4, 0.5) is 0 Å². The van der Waals surface area contributed by atoms with E-state index in [1.807, 2.05) is 50.8 Å². The summed E-state index contributed by atoms with van der Waals surface area (Å²) in [6.45, 7) is 12.8. The van der Waals surface area contributed by atoms with Crippen LogP contribution in [0, 0.1) is 11.3 Å². The van der Waals surface area contributed by atoms with Gasteiger partial charge in [-0.3, -0.25) is 14.2 Å². The van der Waals surface area contributed by atoms with Gasteiger partial charge in [0.25, 0.3) is 5.56 Å². The lowest BCUT2D eigenvalue weighted by Crippen LogP contribution is -2.46. The third-order valence-electron chi connectivity index (χ3n) is 4.78. The molecule has 0 aliphatic heterocycles. The highest BCUT2D eigenvalue weighted by atomic mass is 35.5. The second-order valence-corrected chi connectivity index (χ2v) is 8.35. The first-order chi connectivity index (χ1) is 12.6. The Morgan fingerprint density at radius 3 is 2.44 bits per heavy atom. The Hall–Kier alpha value is -1.88. The summed E-state index contributed by atoms with van der Waals surface area (Å²) >= 11 is 6.06. The molecule has 0 N–H and O–H groups in total. The molecule has 2 rings (SSSR count). The van der Waals surface area contributed by atoms with Crippen molar-refractivity contribution in [3.63, 3.8) is 0 Å². The summed E-state index contributed by atoms with van der Waals surface area (Å²) in [6, 6.07) is 7.00. The van der Waals surface area contributed by atoms with Crippen LogP contribution in [-0.4, -0.2) is 32.8 Å². The van der Waals surface area contributed by atoms with E-state index in [1.54, 1.807) is 10.6 Å². The first-order valence-corrected chi connectivity index (χ1v) is 10.0. The molecule has 0 aliphatic carbocycles. The molecule has 0 radical (unpaired) electrons. The highest BCUT2D eigenvalue weighted by Crippen LogP contribution is 2.28. The molecule has 0 fully saturated rings. The van der Waals surface area contributed by atoms with Gasteiger partial charge in [0.2, 0.25) is 5.91 Å². The molecule has 1 aromatic carbocycles. The first-order valence-electron chi connectivity index (χ1n) is 9.50. The number of amides is 1. The van der Waals surface area contributed by atoms with E-state index < -0.39 is 5.41 Å². The fourth-order valence-corrected chi connectivity index (χ4v) is 3.32. The maximum atomic E-state index is 13.2. The van der Waals surface area contributed by atoms with E-state index in [4.69, 9.17) is 16.6 Å². The number of para-hydroxylation sites is 1. The predicted molar refractivity (Wildman–Crippen MR) is 111 cm³/mol. The van der Waals surface area contributed by atoms with Gasteiger partial charge >= 0.3 is 0 Å². The summed E-state index contributed by atoms with van der Waals surface area (Å²) in [7, 11) is 0. The van der Waals surface area contributed by atoms with Crippen molar-refractivity contribution >= 4 is 28.4 Å². The molecule has 1 aromatic heterocycles. The summed E-state index contributed by atoms with van der Waals surface area (Å²) in [5, 5.41) is 0.595. The lowest BCUT2D eigenvalue weighted by atomic mass is 9.93. The van der Waals surface area contributed by atoms with Crippen molar-refractivity contribution in [2.75, 3.05) is 12.4 Å². The van der Waals surface area contributed by atoms with E-state index in [2.05, 4.69) is 13.8 Å². The van der Waals surface area contributed by atoms with Gasteiger partial charge in [-0.05, 0) is 45.7 Å². The minimum absolute atomic E-state index is 0.0243. The molecule has 1 amide bonds. The van der Waals surface area contributed by atoms with Gasteiger partial charge < -0.3 is 4.90 Å². The molecular formula is C21H30ClN3O2. The van der Waals surface area contributed by atoms with Gasteiger partial charge in [-0.2, -0.15) is 0 Å². The van der Waals surface area contributed by atoms with Gasteiger partial charge in [-0.15, -0.1) is 11.6 Å². The lowest BCUT2D eigenvalue weighted by molar-refractivity contribution is -0.142. The molecule has 148 valence electrons. The molecular weight excluding hydrogens is 362 g/mol. The average molecular weight is 392 g/mol. The van der Waals surface area contributed by atoms with Crippen molar-refractivity contribution in [1.29, 1.82) is 0 Å². The Balaban J connectivity index is 2.62. The normalized spacial score (nSPS) is 13.2. The molecule has 2 aromatic rings. The smallest absolute Gasteiger partial charge is 0.261 e. The summed E-state index contributed by atoms with van der Waals surface area (Å²) in [4.78, 5) is 32.7. The number of aromatic nitrogens is 2. The van der Waals surface area contributed by atoms with Gasteiger partial charge in [0.1, 0.15) is 5.82 Å². The number of benzene rings is 1. The number of hydrogen-bond acceptors (Lipinski definition) is 3. The molecule has 1 heterocycles. The second kappa shape index (κ2) is 8.42. The van der Waals surface area contributed by atoms with Crippen LogP contribution >= 0.6 is 11.6 Å². The van der Waals surface area contributed by atoms with E-state index in [-0.39, 0.29) is 29.3 Å². The number of hydrogen-bond donors (Lipinski definition) is 0. The van der Waals surface area contributed by atoms with Crippen LogP contribution in [0.15, 0.2) is 29.1 Å². The van der Waals surface area contributed by atoms with Gasteiger partial charge in [-0.25, -0.2) is 4.98 Å². The highest BCUT2D eigenvalue weighted by Gasteiger charge is 2.35. The molecule has 27 heavy (non-hydrogen) atoms. The molecule has 0 saturated carbocycles. The summed E-state index contributed by atoms with van der Waals surface area (Å²) in [5.74, 6) is 1.10. The largest absolute Gasteiger partial charge is 0.332 e. The van der Waals surface area contributed by atoms with E-state index >= 15 is 0 Å². The number of carbonyl (C=O) groups excluding carboxylic acids is 1. The van der Waals surface area contributed by atoms with Crippen LogP contribution in [0.25, 0.3) is 10.9 Å². The molecule has 1 atom stereocenters. The zero-order chi connectivity index (χ0) is 20.4. The number of carbonyl (C=O) groups is 1. The maximum absolute atomic E-state index is 13.2. The Labute approximate surface area is 166 Å². The number of fused-ring (bicyclic) bond motifs is 1. The number of nitrogens with zero attached hydrogens (tertiary/aromatic N) is 3. The number of halogens is 1. The van der Waals surface area contributed by atoms with Crippen molar-refractivity contribution < 1.29 is 4.79 Å². The topological polar surface area (TPSA) is 55.2 Å². The molecule has 1 unspecified atom stereocenters. The molecule has 0 bridgehead atoms. The van der Waals surface area contributed by atoms with Crippen molar-refractivity contribution in [1.82, 2.24) is 14.5 Å². The van der Waals surface area contributed by atoms with Crippen LogP contribution in [0.1, 0.15) is 53.4 Å². The fourth-order valence-electron chi connectivity index (χ4n) is 3.21. The lowest BCUT2D eigenvalue weighted by Gasteiger charge is -2.36. The third-order valence-corrected chi connectivity index (χ3v) is 5.45. The van der Waals surface area contributed by atoms with Gasteiger partial charge in [-0.1, -0.05) is 26.0 Å². The second-order valence-electron chi connectivity index (χ2n) is 8.08. The SMILES string of the molecule is CCn1c(C(C)N(CC(C)C)C(=O)C(C)(C)CCl)nc2ccccc2c1=O. The third kappa shape index (κ3) is 4.34. The van der Waals surface area contributed by atoms with E-state index in [9.17, 15) is 9.59 Å². The maximum Gasteiger partial charge on any atom is 0.261 e. The molecule has 6 heteroatoms. The summed E-state index contributed by atoms with van der Waals surface area (Å²) < 4.78 is 1.67. The monoisotopic (exact) mass is 391 g/mol. The van der Waals surface area contributed by atoms with E-state index in [1.165, 1.54) is 0 Å². The van der Waals surface area contributed by atoms with Crippen LogP contribution in [0.2, 0.25) is 0 Å². The van der Waals surface area contributed by atoms with Crippen LogP contribution in [0.5, 0.6) is 0 Å². The molecule has 0 spiro atoms. The minimum atomic E-state index is -0.682. The standard InChI is InChI=1S/C21H30ClN3O2/c1-7-24-18(23-17-11-9-8-10-16(17)19(24)26)15(4)25(12-14(2)3)20(27)21(5,6)13-22/h8-11,14-15H,7,12-13H2,1-6H3.